The van der Waals surface area contributed by atoms with Crippen LogP contribution >= 0.6 is 20.6 Å². The third-order valence-electron chi connectivity index (χ3n) is 4.60. The number of rotatable bonds is 6. The third kappa shape index (κ3) is 4.27. The highest BCUT2D eigenvalue weighted by molar-refractivity contribution is 7.91. The van der Waals surface area contributed by atoms with E-state index in [-0.39, 0.29) is 11.0 Å². The molecule has 0 spiro atoms. The fourth-order valence-corrected chi connectivity index (χ4v) is 6.34. The summed E-state index contributed by atoms with van der Waals surface area (Å²) in [6.45, 7) is 11.9. The molecule has 0 aliphatic rings. The van der Waals surface area contributed by atoms with Crippen molar-refractivity contribution in [2.45, 2.75) is 41.5 Å². The van der Waals surface area contributed by atoms with E-state index in [4.69, 9.17) is 0 Å². The Morgan fingerprint density at radius 1 is 0.731 bits per heavy atom. The minimum absolute atomic E-state index is 0.0200. The van der Waals surface area contributed by atoms with Crippen LogP contribution in [0, 0.1) is 41.5 Å². The highest BCUT2D eigenvalue weighted by Crippen LogP contribution is 2.45. The van der Waals surface area contributed by atoms with Crippen molar-refractivity contribution in [1.29, 1.82) is 0 Å². The zero-order chi connectivity index (χ0) is 19.6. The molecule has 26 heavy (non-hydrogen) atoms. The maximum absolute atomic E-state index is 13.4. The zero-order valence-corrected chi connectivity index (χ0v) is 18.2. The van der Waals surface area contributed by atoms with E-state index in [1.807, 2.05) is 65.8 Å². The monoisotopic (exact) mass is 386 g/mol. The number of carbonyl (C=O) groups is 2. The Morgan fingerprint density at radius 2 is 1.04 bits per heavy atom. The Balaban J connectivity index is 2.53. The fourth-order valence-electron chi connectivity index (χ4n) is 3.70. The fraction of sp³-hybridized carbons (Fsp3) is 0.364. The molecule has 0 aliphatic heterocycles. The van der Waals surface area contributed by atoms with E-state index in [0.29, 0.717) is 23.0 Å². The summed E-state index contributed by atoms with van der Waals surface area (Å²) in [5, 5.41) is 0. The van der Waals surface area contributed by atoms with Gasteiger partial charge in [-0.15, -0.1) is 0 Å². The number of carbonyl (C=O) groups excluding carboxylic acids is 2. The first kappa shape index (κ1) is 20.9. The van der Waals surface area contributed by atoms with Gasteiger partial charge in [0, 0.05) is 19.0 Å². The van der Waals surface area contributed by atoms with Gasteiger partial charge in [-0.1, -0.05) is 35.4 Å². The minimum atomic E-state index is -1.47. The second-order valence-corrected chi connectivity index (χ2v) is 9.60. The van der Waals surface area contributed by atoms with Crippen molar-refractivity contribution in [1.82, 2.24) is 0 Å². The Kier molecular flexibility index (Phi) is 6.82. The average Bonchev–Trinajstić information content (AvgIpc) is 2.50. The van der Waals surface area contributed by atoms with Crippen LogP contribution in [0.5, 0.6) is 0 Å². The van der Waals surface area contributed by atoms with Gasteiger partial charge >= 0.3 is 0 Å². The van der Waals surface area contributed by atoms with Crippen molar-refractivity contribution < 1.29 is 9.59 Å². The molecule has 0 radical (unpaired) electrons. The van der Waals surface area contributed by atoms with Crippen molar-refractivity contribution in [3.63, 3.8) is 0 Å². The van der Waals surface area contributed by atoms with Crippen LogP contribution in [0.4, 0.5) is 0 Å². The van der Waals surface area contributed by atoms with E-state index in [0.717, 1.165) is 33.4 Å². The average molecular weight is 386 g/mol. The number of thiol groups is 1. The van der Waals surface area contributed by atoms with E-state index in [2.05, 4.69) is 12.6 Å². The number of benzene rings is 2. The van der Waals surface area contributed by atoms with Gasteiger partial charge < -0.3 is 0 Å². The first-order valence-corrected chi connectivity index (χ1v) is 11.0. The van der Waals surface area contributed by atoms with Crippen molar-refractivity contribution in [2.24, 2.45) is 0 Å². The molecule has 2 nitrogen and oxygen atoms in total. The van der Waals surface area contributed by atoms with Crippen LogP contribution in [0.2, 0.25) is 0 Å². The first-order chi connectivity index (χ1) is 12.2. The van der Waals surface area contributed by atoms with E-state index in [1.54, 1.807) is 0 Å². The van der Waals surface area contributed by atoms with E-state index < -0.39 is 7.92 Å². The van der Waals surface area contributed by atoms with Gasteiger partial charge in [-0.3, -0.25) is 9.59 Å². The van der Waals surface area contributed by atoms with Crippen LogP contribution in [-0.2, 0) is 0 Å². The molecule has 0 aliphatic carbocycles. The Hall–Kier alpha value is -1.44. The van der Waals surface area contributed by atoms with E-state index in [9.17, 15) is 9.59 Å². The molecule has 0 heterocycles. The first-order valence-electron chi connectivity index (χ1n) is 8.80. The lowest BCUT2D eigenvalue weighted by Crippen LogP contribution is -2.14. The van der Waals surface area contributed by atoms with Gasteiger partial charge in [0.2, 0.25) is 0 Å². The lowest BCUT2D eigenvalue weighted by atomic mass is 10.0. The number of hydrogen-bond acceptors (Lipinski definition) is 3. The third-order valence-corrected chi connectivity index (χ3v) is 7.27. The molecular weight excluding hydrogens is 359 g/mol. The molecule has 0 amide bonds. The molecule has 2 rings (SSSR count). The smallest absolute Gasteiger partial charge is 0.192 e. The molecule has 138 valence electrons. The van der Waals surface area contributed by atoms with Crippen LogP contribution in [0.3, 0.4) is 0 Å². The van der Waals surface area contributed by atoms with Crippen LogP contribution in [0.1, 0.15) is 54.1 Å². The SMILES string of the molecule is Cc1cc(C)c(C(=O)P(CCS)C(=O)c2c(C)cc(C)cc2C)c(C)c1. The van der Waals surface area contributed by atoms with E-state index in [1.165, 1.54) is 0 Å². The molecule has 0 atom stereocenters. The molecule has 2 aromatic rings. The number of aryl methyl sites for hydroxylation is 6. The standard InChI is InChI=1S/C22H27O2PS/c1-13-9-15(3)19(16(4)10-13)21(23)25(7-8-26)22(24)20-17(5)11-14(2)12-18(20)6/h9-12,26H,7-8H2,1-6H3. The number of hydrogen-bond donors (Lipinski definition) is 1. The second kappa shape index (κ2) is 8.50. The van der Waals surface area contributed by atoms with Crippen molar-refractivity contribution in [3.8, 4) is 0 Å². The van der Waals surface area contributed by atoms with Gasteiger partial charge in [0.05, 0.1) is 0 Å². The summed E-state index contributed by atoms with van der Waals surface area (Å²) in [7, 11) is -1.47. The van der Waals surface area contributed by atoms with Crippen molar-refractivity contribution in [2.75, 3.05) is 11.9 Å². The summed E-state index contributed by atoms with van der Waals surface area (Å²) in [6, 6.07) is 8.06. The van der Waals surface area contributed by atoms with Gasteiger partial charge in [0.1, 0.15) is 0 Å². The molecule has 0 aromatic heterocycles. The van der Waals surface area contributed by atoms with E-state index >= 15 is 0 Å². The Labute approximate surface area is 163 Å². The van der Waals surface area contributed by atoms with Crippen LogP contribution in [0.15, 0.2) is 24.3 Å². The molecule has 4 heteroatoms. The predicted octanol–water partition coefficient (Wildman–Crippen LogP) is 5.93. The molecule has 2 aromatic carbocycles. The lowest BCUT2D eigenvalue weighted by molar-refractivity contribution is 0.105. The Morgan fingerprint density at radius 3 is 1.31 bits per heavy atom. The van der Waals surface area contributed by atoms with Gasteiger partial charge in [-0.25, -0.2) is 0 Å². The quantitative estimate of drug-likeness (QED) is 0.493. The summed E-state index contributed by atoms with van der Waals surface area (Å²) in [5.41, 5.74) is 7.43. The maximum atomic E-state index is 13.4. The summed E-state index contributed by atoms with van der Waals surface area (Å²) in [6.07, 6.45) is 0.510. The van der Waals surface area contributed by atoms with Gasteiger partial charge in [-0.2, -0.15) is 12.6 Å². The topological polar surface area (TPSA) is 34.1 Å². The lowest BCUT2D eigenvalue weighted by Gasteiger charge is -2.20. The summed E-state index contributed by atoms with van der Waals surface area (Å²) in [4.78, 5) is 26.7. The molecule has 0 bridgehead atoms. The molecule has 0 saturated carbocycles. The van der Waals surface area contributed by atoms with Gasteiger partial charge in [-0.05, 0) is 75.7 Å². The Bertz CT molecular complexity index is 755. The largest absolute Gasteiger partial charge is 0.289 e. The highest BCUT2D eigenvalue weighted by atomic mass is 32.1. The van der Waals surface area contributed by atoms with Gasteiger partial charge in [0.15, 0.2) is 11.0 Å². The summed E-state index contributed by atoms with van der Waals surface area (Å²) in [5.74, 6) is 0.525. The predicted molar refractivity (Wildman–Crippen MR) is 116 cm³/mol. The summed E-state index contributed by atoms with van der Waals surface area (Å²) >= 11 is 4.32. The maximum Gasteiger partial charge on any atom is 0.192 e. The van der Waals surface area contributed by atoms with Crippen molar-refractivity contribution in [3.05, 3.63) is 68.8 Å². The van der Waals surface area contributed by atoms with Crippen molar-refractivity contribution >= 4 is 31.6 Å². The highest BCUT2D eigenvalue weighted by Gasteiger charge is 2.31. The molecule has 0 N–H and O–H groups in total. The zero-order valence-electron chi connectivity index (χ0n) is 16.4. The normalized spacial score (nSPS) is 11.1. The molecule has 0 unspecified atom stereocenters. The summed E-state index contributed by atoms with van der Waals surface area (Å²) < 4.78 is 0. The van der Waals surface area contributed by atoms with Crippen LogP contribution < -0.4 is 0 Å². The van der Waals surface area contributed by atoms with Crippen LogP contribution in [-0.4, -0.2) is 23.0 Å². The molecule has 0 fully saturated rings. The second-order valence-electron chi connectivity index (χ2n) is 7.03. The van der Waals surface area contributed by atoms with Gasteiger partial charge in [0.25, 0.3) is 0 Å². The van der Waals surface area contributed by atoms with Crippen LogP contribution in [0.25, 0.3) is 0 Å². The molecule has 0 saturated heterocycles. The molecular formula is C22H27O2PS. The minimum Gasteiger partial charge on any atom is -0.289 e.